The van der Waals surface area contributed by atoms with Crippen molar-refractivity contribution in [1.29, 1.82) is 0 Å². The number of amides is 1. The maximum atomic E-state index is 11.3. The van der Waals surface area contributed by atoms with Crippen LogP contribution in [-0.2, 0) is 4.79 Å². The number of piperidine rings is 1. The molecule has 1 amide bonds. The van der Waals surface area contributed by atoms with Crippen LogP contribution in [0.25, 0.3) is 0 Å². The number of hydrogen-bond acceptors (Lipinski definition) is 1. The predicted octanol–water partition coefficient (Wildman–Crippen LogP) is 0.231. The van der Waals surface area contributed by atoms with Gasteiger partial charge in [-0.2, -0.15) is 0 Å². The highest BCUT2D eigenvalue weighted by atomic mass is 16.2. The van der Waals surface area contributed by atoms with E-state index in [2.05, 4.69) is 5.32 Å². The van der Waals surface area contributed by atoms with Gasteiger partial charge in [-0.1, -0.05) is 0 Å². The van der Waals surface area contributed by atoms with Gasteiger partial charge in [0.15, 0.2) is 0 Å². The summed E-state index contributed by atoms with van der Waals surface area (Å²) in [6.07, 6.45) is 3.24. The average Bonchev–Trinajstić information content (AvgIpc) is 2.05. The molecule has 0 aromatic rings. The number of hydrogen-bond donors (Lipinski definition) is 0. The fraction of sp³-hybridized carbons (Fsp3) is 0.875. The summed E-state index contributed by atoms with van der Waals surface area (Å²) in [5.74, 6) is 0.157. The molecule has 0 N–H and O–H groups in total. The van der Waals surface area contributed by atoms with Gasteiger partial charge < -0.3 is 4.90 Å². The lowest BCUT2D eigenvalue weighted by Gasteiger charge is -2.23. The van der Waals surface area contributed by atoms with Crippen LogP contribution in [0.3, 0.4) is 0 Å². The zero-order chi connectivity index (χ0) is 8.27. The quantitative estimate of drug-likeness (QED) is 0.534. The molecule has 0 aromatic carbocycles. The van der Waals surface area contributed by atoms with E-state index < -0.39 is 0 Å². The molecule has 0 aliphatic carbocycles. The summed E-state index contributed by atoms with van der Waals surface area (Å²) in [6, 6.07) is -0.0428. The summed E-state index contributed by atoms with van der Waals surface area (Å²) in [5, 5.41) is 4.26. The first-order valence-electron chi connectivity index (χ1n) is 4.09. The highest BCUT2D eigenvalue weighted by Crippen LogP contribution is 2.09. The second kappa shape index (κ2) is 3.72. The molecule has 1 fully saturated rings. The van der Waals surface area contributed by atoms with Crippen molar-refractivity contribution < 1.29 is 4.79 Å². The highest BCUT2D eigenvalue weighted by molar-refractivity contribution is 5.81. The van der Waals surface area contributed by atoms with E-state index in [1.807, 2.05) is 0 Å². The van der Waals surface area contributed by atoms with E-state index in [1.165, 1.54) is 0 Å². The van der Waals surface area contributed by atoms with E-state index >= 15 is 0 Å². The molecular weight excluding hydrogens is 140 g/mol. The van der Waals surface area contributed by atoms with E-state index in [4.69, 9.17) is 0 Å². The largest absolute Gasteiger partial charge is 0.347 e. The molecular formula is C8H15N2O. The fourth-order valence-corrected chi connectivity index (χ4v) is 1.29. The molecule has 1 atom stereocenters. The molecule has 3 heteroatoms. The van der Waals surface area contributed by atoms with Crippen molar-refractivity contribution in [3.63, 3.8) is 0 Å². The molecule has 0 bridgehead atoms. The zero-order valence-electron chi connectivity index (χ0n) is 7.21. The molecule has 1 rings (SSSR count). The van der Waals surface area contributed by atoms with E-state index in [-0.39, 0.29) is 11.9 Å². The first-order chi connectivity index (χ1) is 5.22. The molecule has 1 unspecified atom stereocenters. The van der Waals surface area contributed by atoms with Crippen molar-refractivity contribution in [2.75, 3.05) is 20.6 Å². The Bertz CT molecular complexity index is 139. The Morgan fingerprint density at radius 2 is 2.18 bits per heavy atom. The monoisotopic (exact) mass is 155 g/mol. The van der Waals surface area contributed by atoms with Gasteiger partial charge in [0.25, 0.3) is 0 Å². The first-order valence-corrected chi connectivity index (χ1v) is 4.09. The molecule has 0 saturated carbocycles. The molecule has 63 valence electrons. The van der Waals surface area contributed by atoms with Crippen molar-refractivity contribution in [3.05, 3.63) is 0 Å². The predicted molar refractivity (Wildman–Crippen MR) is 43.3 cm³/mol. The minimum Gasteiger partial charge on any atom is -0.347 e. The molecule has 3 nitrogen and oxygen atoms in total. The molecule has 1 saturated heterocycles. The van der Waals surface area contributed by atoms with E-state index in [1.54, 1.807) is 19.0 Å². The van der Waals surface area contributed by atoms with Crippen molar-refractivity contribution in [2.45, 2.75) is 25.3 Å². The normalized spacial score (nSPS) is 24.7. The van der Waals surface area contributed by atoms with Crippen LogP contribution in [0.5, 0.6) is 0 Å². The van der Waals surface area contributed by atoms with Crippen LogP contribution in [0.2, 0.25) is 0 Å². The summed E-state index contributed by atoms with van der Waals surface area (Å²) >= 11 is 0. The van der Waals surface area contributed by atoms with Crippen LogP contribution in [0.1, 0.15) is 19.3 Å². The Hall–Kier alpha value is -0.570. The minimum absolute atomic E-state index is 0.0428. The molecule has 0 aromatic heterocycles. The third-order valence-electron chi connectivity index (χ3n) is 1.96. The van der Waals surface area contributed by atoms with Crippen molar-refractivity contribution >= 4 is 5.91 Å². The van der Waals surface area contributed by atoms with Crippen LogP contribution in [0, 0.1) is 0 Å². The van der Waals surface area contributed by atoms with Gasteiger partial charge in [0.1, 0.15) is 6.04 Å². The van der Waals surface area contributed by atoms with Gasteiger partial charge in [0.05, 0.1) is 0 Å². The second-order valence-corrected chi connectivity index (χ2v) is 3.15. The molecule has 1 aliphatic heterocycles. The maximum absolute atomic E-state index is 11.3. The van der Waals surface area contributed by atoms with Gasteiger partial charge in [0, 0.05) is 20.6 Å². The fourth-order valence-electron chi connectivity index (χ4n) is 1.29. The molecule has 1 aliphatic rings. The lowest BCUT2D eigenvalue weighted by molar-refractivity contribution is -0.131. The van der Waals surface area contributed by atoms with Crippen molar-refractivity contribution in [2.24, 2.45) is 0 Å². The number of carbonyl (C=O) groups is 1. The van der Waals surface area contributed by atoms with Crippen LogP contribution in [-0.4, -0.2) is 37.5 Å². The van der Waals surface area contributed by atoms with E-state index in [0.717, 1.165) is 25.8 Å². The summed E-state index contributed by atoms with van der Waals surface area (Å²) in [4.78, 5) is 13.0. The summed E-state index contributed by atoms with van der Waals surface area (Å²) in [6.45, 7) is 0.865. The lowest BCUT2D eigenvalue weighted by Crippen LogP contribution is -2.42. The van der Waals surface area contributed by atoms with Gasteiger partial charge in [-0.3, -0.25) is 4.79 Å². The minimum atomic E-state index is -0.0428. The van der Waals surface area contributed by atoms with Crippen LogP contribution in [0.15, 0.2) is 0 Å². The Morgan fingerprint density at radius 1 is 1.45 bits per heavy atom. The zero-order valence-corrected chi connectivity index (χ0v) is 7.21. The van der Waals surface area contributed by atoms with Crippen LogP contribution in [0.4, 0.5) is 0 Å². The SMILES string of the molecule is CN(C)C(=O)C1CCCC[N]1. The first kappa shape index (κ1) is 8.53. The van der Waals surface area contributed by atoms with Gasteiger partial charge in [-0.25, -0.2) is 5.32 Å². The van der Waals surface area contributed by atoms with Gasteiger partial charge in [-0.15, -0.1) is 0 Å². The third kappa shape index (κ3) is 2.19. The second-order valence-electron chi connectivity index (χ2n) is 3.15. The molecule has 1 heterocycles. The number of nitrogens with zero attached hydrogens (tertiary/aromatic N) is 2. The highest BCUT2D eigenvalue weighted by Gasteiger charge is 2.22. The third-order valence-corrected chi connectivity index (χ3v) is 1.96. The summed E-state index contributed by atoms with van der Waals surface area (Å²) in [5.41, 5.74) is 0. The summed E-state index contributed by atoms with van der Waals surface area (Å²) in [7, 11) is 3.57. The van der Waals surface area contributed by atoms with Gasteiger partial charge in [0.2, 0.25) is 5.91 Å². The topological polar surface area (TPSA) is 34.4 Å². The Kier molecular flexibility index (Phi) is 2.88. The van der Waals surface area contributed by atoms with Crippen molar-refractivity contribution in [1.82, 2.24) is 10.2 Å². The van der Waals surface area contributed by atoms with E-state index in [9.17, 15) is 4.79 Å². The molecule has 0 spiro atoms. The standard InChI is InChI=1S/C8H15N2O/c1-10(2)8(11)7-5-3-4-6-9-7/h7H,3-6H2,1-2H3. The van der Waals surface area contributed by atoms with Crippen LogP contribution >= 0.6 is 0 Å². The van der Waals surface area contributed by atoms with Gasteiger partial charge >= 0.3 is 0 Å². The Morgan fingerprint density at radius 3 is 2.64 bits per heavy atom. The van der Waals surface area contributed by atoms with E-state index in [0.29, 0.717) is 0 Å². The van der Waals surface area contributed by atoms with Crippen LogP contribution < -0.4 is 5.32 Å². The molecule has 11 heavy (non-hydrogen) atoms. The summed E-state index contributed by atoms with van der Waals surface area (Å²) < 4.78 is 0. The number of rotatable bonds is 1. The lowest BCUT2D eigenvalue weighted by atomic mass is 10.0. The smallest absolute Gasteiger partial charge is 0.240 e. The Labute approximate surface area is 67.8 Å². The maximum Gasteiger partial charge on any atom is 0.240 e. The molecule has 1 radical (unpaired) electrons. The Balaban J connectivity index is 2.39. The van der Waals surface area contributed by atoms with Crippen molar-refractivity contribution in [3.8, 4) is 0 Å². The number of likely N-dealkylation sites (N-methyl/N-ethyl adjacent to an activating group) is 1. The average molecular weight is 155 g/mol. The van der Waals surface area contributed by atoms with Gasteiger partial charge in [-0.05, 0) is 19.3 Å². The number of carbonyl (C=O) groups excluding carboxylic acids is 1.